The van der Waals surface area contributed by atoms with E-state index in [-0.39, 0.29) is 0 Å². The van der Waals surface area contributed by atoms with Gasteiger partial charge in [-0.25, -0.2) is 0 Å². The molecule has 0 spiro atoms. The maximum atomic E-state index is 5.51. The summed E-state index contributed by atoms with van der Waals surface area (Å²) < 4.78 is 27.2. The highest BCUT2D eigenvalue weighted by Crippen LogP contribution is 2.05. The fourth-order valence-corrected chi connectivity index (χ4v) is 1.69. The Balaban J connectivity index is 3.00. The van der Waals surface area contributed by atoms with E-state index >= 15 is 0 Å². The summed E-state index contributed by atoms with van der Waals surface area (Å²) in [4.78, 5) is 0. The molecule has 0 saturated heterocycles. The van der Waals surface area contributed by atoms with Crippen LogP contribution < -0.4 is 0 Å². The number of hydrogen-bond donors (Lipinski definition) is 0. The lowest BCUT2D eigenvalue weighted by atomic mass is 10.1. The zero-order chi connectivity index (χ0) is 17.2. The Labute approximate surface area is 143 Å². The van der Waals surface area contributed by atoms with Crippen LogP contribution in [0.2, 0.25) is 0 Å². The highest BCUT2D eigenvalue weighted by Gasteiger charge is 1.98. The van der Waals surface area contributed by atoms with Gasteiger partial charge in [0.05, 0.1) is 52.9 Å². The van der Waals surface area contributed by atoms with E-state index in [1.807, 2.05) is 0 Å². The summed E-state index contributed by atoms with van der Waals surface area (Å²) in [6.45, 7) is 15.3. The SMILES string of the molecule is CCC(C)CCOCCOCCOCCOCCOCC(C)C. The van der Waals surface area contributed by atoms with E-state index in [0.717, 1.165) is 25.6 Å². The van der Waals surface area contributed by atoms with E-state index in [2.05, 4.69) is 27.7 Å². The van der Waals surface area contributed by atoms with Crippen molar-refractivity contribution in [3.05, 3.63) is 0 Å². The average molecular weight is 334 g/mol. The second-order valence-corrected chi connectivity index (χ2v) is 6.22. The number of rotatable bonds is 18. The van der Waals surface area contributed by atoms with E-state index in [4.69, 9.17) is 23.7 Å². The zero-order valence-electron chi connectivity index (χ0n) is 15.7. The number of hydrogen-bond acceptors (Lipinski definition) is 5. The molecule has 0 N–H and O–H groups in total. The van der Waals surface area contributed by atoms with Crippen molar-refractivity contribution in [2.45, 2.75) is 40.5 Å². The van der Waals surface area contributed by atoms with Gasteiger partial charge in [0.2, 0.25) is 0 Å². The minimum atomic E-state index is 0.573. The largest absolute Gasteiger partial charge is 0.379 e. The molecule has 0 aromatic rings. The van der Waals surface area contributed by atoms with E-state index in [1.165, 1.54) is 6.42 Å². The molecule has 0 aromatic carbocycles. The highest BCUT2D eigenvalue weighted by atomic mass is 16.6. The van der Waals surface area contributed by atoms with Gasteiger partial charge in [-0.05, 0) is 18.3 Å². The summed E-state index contributed by atoms with van der Waals surface area (Å²) in [6, 6.07) is 0. The van der Waals surface area contributed by atoms with E-state index < -0.39 is 0 Å². The van der Waals surface area contributed by atoms with Crippen molar-refractivity contribution in [3.8, 4) is 0 Å². The van der Waals surface area contributed by atoms with E-state index in [0.29, 0.717) is 58.8 Å². The summed E-state index contributed by atoms with van der Waals surface area (Å²) in [7, 11) is 0. The van der Waals surface area contributed by atoms with Crippen molar-refractivity contribution in [2.24, 2.45) is 11.8 Å². The third-order valence-electron chi connectivity index (χ3n) is 3.39. The first-order valence-electron chi connectivity index (χ1n) is 9.05. The molecule has 0 aliphatic heterocycles. The summed E-state index contributed by atoms with van der Waals surface area (Å²) in [6.07, 6.45) is 2.34. The second-order valence-electron chi connectivity index (χ2n) is 6.22. The van der Waals surface area contributed by atoms with Gasteiger partial charge in [-0.1, -0.05) is 34.1 Å². The van der Waals surface area contributed by atoms with Crippen LogP contribution in [0.5, 0.6) is 0 Å². The van der Waals surface area contributed by atoms with Crippen LogP contribution in [-0.2, 0) is 23.7 Å². The molecule has 140 valence electrons. The Kier molecular flexibility index (Phi) is 18.0. The van der Waals surface area contributed by atoms with Crippen molar-refractivity contribution in [1.29, 1.82) is 0 Å². The van der Waals surface area contributed by atoms with Crippen molar-refractivity contribution in [1.82, 2.24) is 0 Å². The molecule has 1 unspecified atom stereocenters. The third-order valence-corrected chi connectivity index (χ3v) is 3.39. The normalized spacial score (nSPS) is 12.9. The summed E-state index contributed by atoms with van der Waals surface area (Å²) in [5.41, 5.74) is 0. The average Bonchev–Trinajstić information content (AvgIpc) is 2.53. The standard InChI is InChI=1S/C18H38O5/c1-5-18(4)6-7-19-8-9-20-10-11-21-12-13-22-14-15-23-16-17(2)3/h17-18H,5-16H2,1-4H3. The van der Waals surface area contributed by atoms with Gasteiger partial charge in [0, 0.05) is 13.2 Å². The van der Waals surface area contributed by atoms with Crippen LogP contribution in [0, 0.1) is 11.8 Å². The van der Waals surface area contributed by atoms with Crippen LogP contribution in [0.25, 0.3) is 0 Å². The van der Waals surface area contributed by atoms with Crippen molar-refractivity contribution in [2.75, 3.05) is 66.1 Å². The Morgan fingerprint density at radius 1 is 0.565 bits per heavy atom. The Bertz CT molecular complexity index is 223. The maximum absolute atomic E-state index is 5.51. The van der Waals surface area contributed by atoms with Crippen LogP contribution >= 0.6 is 0 Å². The Hall–Kier alpha value is -0.200. The Morgan fingerprint density at radius 3 is 1.35 bits per heavy atom. The Morgan fingerprint density at radius 2 is 0.957 bits per heavy atom. The molecule has 0 radical (unpaired) electrons. The van der Waals surface area contributed by atoms with Crippen molar-refractivity contribution in [3.63, 3.8) is 0 Å². The summed E-state index contributed by atoms with van der Waals surface area (Å²) >= 11 is 0. The van der Waals surface area contributed by atoms with E-state index in [9.17, 15) is 0 Å². The lowest BCUT2D eigenvalue weighted by Gasteiger charge is -2.09. The van der Waals surface area contributed by atoms with Gasteiger partial charge in [0.15, 0.2) is 0 Å². The molecular formula is C18H38O5. The first-order valence-corrected chi connectivity index (χ1v) is 9.05. The molecule has 0 bridgehead atoms. The molecule has 1 atom stereocenters. The van der Waals surface area contributed by atoms with Crippen LogP contribution in [0.1, 0.15) is 40.5 Å². The molecule has 0 rings (SSSR count). The van der Waals surface area contributed by atoms with Gasteiger partial charge in [0.25, 0.3) is 0 Å². The number of ether oxygens (including phenoxy) is 5. The van der Waals surface area contributed by atoms with Gasteiger partial charge in [-0.2, -0.15) is 0 Å². The molecule has 23 heavy (non-hydrogen) atoms. The summed E-state index contributed by atoms with van der Waals surface area (Å²) in [5.74, 6) is 1.32. The zero-order valence-corrected chi connectivity index (χ0v) is 15.7. The molecule has 5 nitrogen and oxygen atoms in total. The molecular weight excluding hydrogens is 296 g/mol. The van der Waals surface area contributed by atoms with Gasteiger partial charge >= 0.3 is 0 Å². The van der Waals surface area contributed by atoms with Crippen LogP contribution in [0.4, 0.5) is 0 Å². The quantitative estimate of drug-likeness (QED) is 0.360. The van der Waals surface area contributed by atoms with Crippen LogP contribution in [0.15, 0.2) is 0 Å². The molecule has 0 fully saturated rings. The van der Waals surface area contributed by atoms with Crippen LogP contribution in [-0.4, -0.2) is 66.1 Å². The van der Waals surface area contributed by atoms with Gasteiger partial charge < -0.3 is 23.7 Å². The minimum Gasteiger partial charge on any atom is -0.379 e. The molecule has 0 saturated carbocycles. The lowest BCUT2D eigenvalue weighted by molar-refractivity contribution is -0.0133. The second kappa shape index (κ2) is 18.1. The molecule has 5 heteroatoms. The first-order chi connectivity index (χ1) is 11.2. The minimum absolute atomic E-state index is 0.573. The molecule has 0 aliphatic rings. The smallest absolute Gasteiger partial charge is 0.0701 e. The fraction of sp³-hybridized carbons (Fsp3) is 1.00. The molecule has 0 aliphatic carbocycles. The topological polar surface area (TPSA) is 46.2 Å². The molecule has 0 aromatic heterocycles. The monoisotopic (exact) mass is 334 g/mol. The maximum Gasteiger partial charge on any atom is 0.0701 e. The molecule has 0 amide bonds. The first kappa shape index (κ1) is 22.8. The van der Waals surface area contributed by atoms with Crippen molar-refractivity contribution < 1.29 is 23.7 Å². The third kappa shape index (κ3) is 19.8. The fourth-order valence-electron chi connectivity index (χ4n) is 1.69. The van der Waals surface area contributed by atoms with E-state index in [1.54, 1.807) is 0 Å². The van der Waals surface area contributed by atoms with Crippen LogP contribution in [0.3, 0.4) is 0 Å². The van der Waals surface area contributed by atoms with Crippen molar-refractivity contribution >= 4 is 0 Å². The van der Waals surface area contributed by atoms with Gasteiger partial charge in [0.1, 0.15) is 0 Å². The van der Waals surface area contributed by atoms with Gasteiger partial charge in [-0.15, -0.1) is 0 Å². The van der Waals surface area contributed by atoms with Gasteiger partial charge in [-0.3, -0.25) is 0 Å². The molecule has 0 heterocycles. The predicted octanol–water partition coefficient (Wildman–Crippen LogP) is 3.16. The summed E-state index contributed by atoms with van der Waals surface area (Å²) in [5, 5.41) is 0. The lowest BCUT2D eigenvalue weighted by Crippen LogP contribution is -2.14. The predicted molar refractivity (Wildman–Crippen MR) is 93.0 cm³/mol. The highest BCUT2D eigenvalue weighted by molar-refractivity contribution is 4.48.